The van der Waals surface area contributed by atoms with Crippen LogP contribution in [0.2, 0.25) is 0 Å². The SMILES string of the molecule is O=C(N[C@H]1CCO[C@@H]1c1ccc(F)c(F)c1)N1CCC(CO)CC1. The molecule has 132 valence electrons. The maximum atomic E-state index is 13.4. The number of hydrogen-bond donors (Lipinski definition) is 2. The average Bonchev–Trinajstić information content (AvgIpc) is 3.05. The molecule has 0 radical (unpaired) electrons. The van der Waals surface area contributed by atoms with Crippen molar-refractivity contribution in [2.75, 3.05) is 26.3 Å². The summed E-state index contributed by atoms with van der Waals surface area (Å²) in [6.45, 7) is 1.84. The van der Waals surface area contributed by atoms with Gasteiger partial charge in [-0.3, -0.25) is 0 Å². The third kappa shape index (κ3) is 3.67. The number of aliphatic hydroxyl groups is 1. The first-order valence-electron chi connectivity index (χ1n) is 8.31. The summed E-state index contributed by atoms with van der Waals surface area (Å²) in [5, 5.41) is 12.1. The van der Waals surface area contributed by atoms with E-state index in [4.69, 9.17) is 9.84 Å². The van der Waals surface area contributed by atoms with Crippen LogP contribution in [-0.2, 0) is 4.74 Å². The van der Waals surface area contributed by atoms with Gasteiger partial charge in [-0.1, -0.05) is 6.07 Å². The lowest BCUT2D eigenvalue weighted by atomic mass is 9.98. The molecule has 0 spiro atoms. The highest BCUT2D eigenvalue weighted by molar-refractivity contribution is 5.74. The number of amides is 2. The summed E-state index contributed by atoms with van der Waals surface area (Å²) in [7, 11) is 0. The largest absolute Gasteiger partial charge is 0.396 e. The molecule has 24 heavy (non-hydrogen) atoms. The van der Waals surface area contributed by atoms with Crippen LogP contribution in [0.4, 0.5) is 13.6 Å². The Labute approximate surface area is 139 Å². The number of piperidine rings is 1. The second-order valence-electron chi connectivity index (χ2n) is 6.42. The number of ether oxygens (including phenoxy) is 1. The van der Waals surface area contributed by atoms with Crippen molar-refractivity contribution >= 4 is 6.03 Å². The molecule has 1 aromatic carbocycles. The molecular formula is C17H22F2N2O3. The van der Waals surface area contributed by atoms with Gasteiger partial charge in [-0.25, -0.2) is 13.6 Å². The molecule has 2 heterocycles. The number of rotatable bonds is 3. The van der Waals surface area contributed by atoms with Crippen LogP contribution in [0.25, 0.3) is 0 Å². The van der Waals surface area contributed by atoms with Crippen molar-refractivity contribution < 1.29 is 23.4 Å². The lowest BCUT2D eigenvalue weighted by molar-refractivity contribution is 0.0952. The van der Waals surface area contributed by atoms with Crippen LogP contribution in [0.1, 0.15) is 30.9 Å². The first-order chi connectivity index (χ1) is 11.6. The number of nitrogens with zero attached hydrogens (tertiary/aromatic N) is 1. The van der Waals surface area contributed by atoms with Crippen LogP contribution >= 0.6 is 0 Å². The fourth-order valence-corrected chi connectivity index (χ4v) is 3.32. The number of nitrogens with one attached hydrogen (secondary N) is 1. The van der Waals surface area contributed by atoms with Gasteiger partial charge in [0, 0.05) is 26.3 Å². The first kappa shape index (κ1) is 17.1. The number of halogens is 2. The minimum absolute atomic E-state index is 0.157. The van der Waals surface area contributed by atoms with Crippen molar-refractivity contribution in [1.29, 1.82) is 0 Å². The zero-order valence-electron chi connectivity index (χ0n) is 13.4. The normalized spacial score (nSPS) is 25.0. The van der Waals surface area contributed by atoms with E-state index >= 15 is 0 Å². The number of carbonyl (C=O) groups excluding carboxylic acids is 1. The smallest absolute Gasteiger partial charge is 0.317 e. The Bertz CT molecular complexity index is 591. The third-order valence-corrected chi connectivity index (χ3v) is 4.83. The van der Waals surface area contributed by atoms with Gasteiger partial charge in [0.05, 0.1) is 6.04 Å². The van der Waals surface area contributed by atoms with E-state index in [0.29, 0.717) is 31.7 Å². The van der Waals surface area contributed by atoms with Gasteiger partial charge in [0.25, 0.3) is 0 Å². The minimum atomic E-state index is -0.917. The highest BCUT2D eigenvalue weighted by atomic mass is 19.2. The van der Waals surface area contributed by atoms with Crippen molar-refractivity contribution in [3.05, 3.63) is 35.4 Å². The molecule has 7 heteroatoms. The summed E-state index contributed by atoms with van der Waals surface area (Å²) in [5.74, 6) is -1.55. The standard InChI is InChI=1S/C17H22F2N2O3/c18-13-2-1-12(9-14(13)19)16-15(5-8-24-16)20-17(23)21-6-3-11(10-22)4-7-21/h1-2,9,11,15-16,22H,3-8,10H2,(H,20,23)/t15-,16+/m0/s1. The van der Waals surface area contributed by atoms with E-state index in [2.05, 4.69) is 5.32 Å². The second-order valence-corrected chi connectivity index (χ2v) is 6.42. The Morgan fingerprint density at radius 2 is 2.00 bits per heavy atom. The van der Waals surface area contributed by atoms with Gasteiger partial charge >= 0.3 is 6.03 Å². The molecule has 2 fully saturated rings. The van der Waals surface area contributed by atoms with Gasteiger partial charge in [0.2, 0.25) is 0 Å². The van der Waals surface area contributed by atoms with Gasteiger partial charge in [-0.2, -0.15) is 0 Å². The molecule has 5 nitrogen and oxygen atoms in total. The van der Waals surface area contributed by atoms with Gasteiger partial charge in [-0.05, 0) is 42.9 Å². The maximum absolute atomic E-state index is 13.4. The zero-order chi connectivity index (χ0) is 17.1. The molecule has 2 saturated heterocycles. The summed E-state index contributed by atoms with van der Waals surface area (Å²) in [4.78, 5) is 14.1. The monoisotopic (exact) mass is 340 g/mol. The summed E-state index contributed by atoms with van der Waals surface area (Å²) < 4.78 is 32.1. The number of carbonyl (C=O) groups is 1. The molecule has 2 aliphatic heterocycles. The maximum Gasteiger partial charge on any atom is 0.317 e. The third-order valence-electron chi connectivity index (χ3n) is 4.83. The molecule has 2 atom stereocenters. The van der Waals surface area contributed by atoms with Gasteiger partial charge < -0.3 is 20.1 Å². The number of aliphatic hydroxyl groups excluding tert-OH is 1. The topological polar surface area (TPSA) is 61.8 Å². The van der Waals surface area contributed by atoms with Crippen molar-refractivity contribution in [3.63, 3.8) is 0 Å². The minimum Gasteiger partial charge on any atom is -0.396 e. The molecule has 2 amide bonds. The Morgan fingerprint density at radius 1 is 1.25 bits per heavy atom. The molecule has 0 aromatic heterocycles. The van der Waals surface area contributed by atoms with Crippen molar-refractivity contribution in [2.24, 2.45) is 5.92 Å². The van der Waals surface area contributed by atoms with E-state index in [1.807, 2.05) is 0 Å². The number of benzene rings is 1. The lowest BCUT2D eigenvalue weighted by Crippen LogP contribution is -2.48. The van der Waals surface area contributed by atoms with Crippen LogP contribution in [0, 0.1) is 17.6 Å². The molecule has 0 aliphatic carbocycles. The molecule has 0 saturated carbocycles. The van der Waals surface area contributed by atoms with Crippen molar-refractivity contribution in [3.8, 4) is 0 Å². The highest BCUT2D eigenvalue weighted by Gasteiger charge is 2.33. The van der Waals surface area contributed by atoms with E-state index in [1.54, 1.807) is 4.90 Å². The van der Waals surface area contributed by atoms with E-state index in [9.17, 15) is 13.6 Å². The summed E-state index contributed by atoms with van der Waals surface area (Å²) >= 11 is 0. The summed E-state index contributed by atoms with van der Waals surface area (Å²) in [5.41, 5.74) is 0.524. The predicted molar refractivity (Wildman–Crippen MR) is 83.4 cm³/mol. The second kappa shape index (κ2) is 7.44. The zero-order valence-corrected chi connectivity index (χ0v) is 13.4. The highest BCUT2D eigenvalue weighted by Crippen LogP contribution is 2.30. The van der Waals surface area contributed by atoms with E-state index in [1.165, 1.54) is 6.07 Å². The summed E-state index contributed by atoms with van der Waals surface area (Å²) in [6, 6.07) is 3.25. The predicted octanol–water partition coefficient (Wildman–Crippen LogP) is 2.21. The molecule has 2 aliphatic rings. The van der Waals surface area contributed by atoms with Crippen LogP contribution in [-0.4, -0.2) is 48.4 Å². The Hall–Kier alpha value is -1.73. The van der Waals surface area contributed by atoms with Crippen LogP contribution < -0.4 is 5.32 Å². The molecular weight excluding hydrogens is 318 g/mol. The van der Waals surface area contributed by atoms with Crippen molar-refractivity contribution in [1.82, 2.24) is 10.2 Å². The Balaban J connectivity index is 1.61. The quantitative estimate of drug-likeness (QED) is 0.887. The Morgan fingerprint density at radius 3 is 2.67 bits per heavy atom. The number of hydrogen-bond acceptors (Lipinski definition) is 3. The van der Waals surface area contributed by atoms with Gasteiger partial charge in [0.1, 0.15) is 6.10 Å². The molecule has 1 aromatic rings. The molecule has 0 unspecified atom stereocenters. The van der Waals surface area contributed by atoms with Gasteiger partial charge in [0.15, 0.2) is 11.6 Å². The fourth-order valence-electron chi connectivity index (χ4n) is 3.32. The average molecular weight is 340 g/mol. The Kier molecular flexibility index (Phi) is 5.30. The van der Waals surface area contributed by atoms with E-state index < -0.39 is 17.7 Å². The van der Waals surface area contributed by atoms with Gasteiger partial charge in [-0.15, -0.1) is 0 Å². The molecule has 0 bridgehead atoms. The molecule has 2 N–H and O–H groups in total. The van der Waals surface area contributed by atoms with Crippen molar-refractivity contribution in [2.45, 2.75) is 31.4 Å². The van der Waals surface area contributed by atoms with Crippen LogP contribution in [0.3, 0.4) is 0 Å². The van der Waals surface area contributed by atoms with Crippen LogP contribution in [0.5, 0.6) is 0 Å². The van der Waals surface area contributed by atoms with E-state index in [-0.39, 0.29) is 24.6 Å². The number of urea groups is 1. The fraction of sp³-hybridized carbons (Fsp3) is 0.588. The van der Waals surface area contributed by atoms with E-state index in [0.717, 1.165) is 25.0 Å². The lowest BCUT2D eigenvalue weighted by Gasteiger charge is -2.32. The summed E-state index contributed by atoms with van der Waals surface area (Å²) in [6.07, 6.45) is 1.73. The van der Waals surface area contributed by atoms with Crippen LogP contribution in [0.15, 0.2) is 18.2 Å². The molecule has 3 rings (SSSR count). The first-order valence-corrected chi connectivity index (χ1v) is 8.31. The number of likely N-dealkylation sites (tertiary alicyclic amines) is 1.